The number of carbonyl (C=O) groups excluding carboxylic acids is 4. The number of carboxylic acid groups (broad SMARTS) is 1. The van der Waals surface area contributed by atoms with Crippen molar-refractivity contribution in [2.75, 3.05) is 0 Å². The number of carboxylic acids is 1. The first kappa shape index (κ1) is 38.7. The van der Waals surface area contributed by atoms with Crippen molar-refractivity contribution in [2.45, 2.75) is 115 Å². The van der Waals surface area contributed by atoms with Gasteiger partial charge in [0.1, 0.15) is 12.2 Å². The molecule has 2 aliphatic rings. The predicted octanol–water partition coefficient (Wildman–Crippen LogP) is 3.92. The normalized spacial score (nSPS) is 28.7. The van der Waals surface area contributed by atoms with E-state index in [1.165, 1.54) is 19.4 Å². The van der Waals surface area contributed by atoms with Crippen LogP contribution < -0.4 is 0 Å². The molecule has 8 atom stereocenters. The third-order valence-electron chi connectivity index (χ3n) is 8.68. The van der Waals surface area contributed by atoms with Gasteiger partial charge in [-0.1, -0.05) is 70.2 Å². The Bertz CT molecular complexity index is 1260. The second-order valence-electron chi connectivity index (χ2n) is 12.4. The molecule has 3 rings (SSSR count). The molecule has 3 N–H and O–H groups in total. The van der Waals surface area contributed by atoms with Gasteiger partial charge in [0.25, 0.3) is 0 Å². The molecule has 1 aromatic carbocycles. The first-order chi connectivity index (χ1) is 21.6. The fraction of sp³-hybridized carbons (Fsp3) is 0.571. The molecule has 4 unspecified atom stereocenters. The van der Waals surface area contributed by atoms with Crippen LogP contribution in [0.15, 0.2) is 54.6 Å². The number of allylic oxidation sites excluding steroid dienone is 1. The Kier molecular flexibility index (Phi) is 14.2. The molecule has 0 aliphatic carbocycles. The van der Waals surface area contributed by atoms with Gasteiger partial charge in [0, 0.05) is 31.8 Å². The van der Waals surface area contributed by atoms with Crippen LogP contribution in [0.25, 0.3) is 0 Å². The van der Waals surface area contributed by atoms with Crippen LogP contribution in [0.2, 0.25) is 0 Å². The van der Waals surface area contributed by atoms with Crippen molar-refractivity contribution in [3.05, 3.63) is 60.2 Å². The minimum atomic E-state index is -2.58. The van der Waals surface area contributed by atoms with E-state index in [0.29, 0.717) is 17.9 Å². The SMILES string of the molecule is C=C(CCC12OC(C(C)=O)C(O)(C=O)C(C=O)(C[C@H]1O)O2)[C@@H](OC(C)=O)[C@H](C)Cc1ccccc1.CC[C@H](C)CC/C=C/C(=O)O. The number of aliphatic hydroxyl groups is 2. The number of hydrogen-bond acceptors (Lipinski definition) is 10. The standard InChI is InChI=1S/C26H32O9.C9H16O2/c1-16(22(33-19(4)30)17(2)12-20-8-6-5-7-9-20)10-11-26-21(31)13-24(14-27,35-26)25(32,15-28)23(34-26)18(3)29;1-3-8(2)6-4-5-7-9(10)11/h5-9,14-15,17,21-23,31-32H,1,10-13H2,2-4H3;5,7-8H,3-4,6H2,1-2H3,(H,10,11)/b;7-5+/t17-,21-,22-,23?,24?,25?,26?;8-/m10/s1. The first-order valence-corrected chi connectivity index (χ1v) is 15.6. The van der Waals surface area contributed by atoms with Gasteiger partial charge < -0.3 is 29.5 Å². The summed E-state index contributed by atoms with van der Waals surface area (Å²) in [5.74, 6) is -3.29. The van der Waals surface area contributed by atoms with Crippen LogP contribution in [0.4, 0.5) is 0 Å². The van der Waals surface area contributed by atoms with Gasteiger partial charge >= 0.3 is 11.9 Å². The maximum absolute atomic E-state index is 12.3. The second kappa shape index (κ2) is 16.9. The number of benzene rings is 1. The molecular weight excluding hydrogens is 596 g/mol. The van der Waals surface area contributed by atoms with Crippen LogP contribution >= 0.6 is 0 Å². The third-order valence-corrected chi connectivity index (χ3v) is 8.68. The predicted molar refractivity (Wildman–Crippen MR) is 169 cm³/mol. The van der Waals surface area contributed by atoms with Gasteiger partial charge in [-0.15, -0.1) is 0 Å². The van der Waals surface area contributed by atoms with E-state index in [4.69, 9.17) is 19.3 Å². The lowest BCUT2D eigenvalue weighted by atomic mass is 9.77. The number of ketones is 1. The first-order valence-electron chi connectivity index (χ1n) is 15.6. The molecule has 1 aromatic rings. The molecule has 11 nitrogen and oxygen atoms in total. The average Bonchev–Trinajstić information content (AvgIpc) is 3.28. The molecule has 254 valence electrons. The van der Waals surface area contributed by atoms with Crippen molar-refractivity contribution in [3.8, 4) is 0 Å². The number of hydrogen-bond donors (Lipinski definition) is 3. The summed E-state index contributed by atoms with van der Waals surface area (Å²) in [5.41, 5.74) is -3.14. The van der Waals surface area contributed by atoms with E-state index in [-0.39, 0.29) is 31.3 Å². The summed E-state index contributed by atoms with van der Waals surface area (Å²) in [6.07, 6.45) is 2.85. The van der Waals surface area contributed by atoms with Gasteiger partial charge in [0.05, 0.1) is 0 Å². The lowest BCUT2D eigenvalue weighted by molar-refractivity contribution is -0.359. The second-order valence-corrected chi connectivity index (χ2v) is 12.4. The van der Waals surface area contributed by atoms with Gasteiger partial charge in [-0.3, -0.25) is 19.2 Å². The number of ether oxygens (including phenoxy) is 3. The van der Waals surface area contributed by atoms with E-state index in [2.05, 4.69) is 20.4 Å². The molecule has 2 aliphatic heterocycles. The Morgan fingerprint density at radius 2 is 1.78 bits per heavy atom. The number of aldehydes is 2. The zero-order chi connectivity index (χ0) is 34.7. The van der Waals surface area contributed by atoms with E-state index in [9.17, 15) is 34.2 Å². The summed E-state index contributed by atoms with van der Waals surface area (Å²) in [7, 11) is 0. The van der Waals surface area contributed by atoms with Crippen LogP contribution in [-0.4, -0.2) is 80.9 Å². The van der Waals surface area contributed by atoms with Gasteiger partial charge in [-0.25, -0.2) is 4.79 Å². The Balaban J connectivity index is 0.000000572. The highest BCUT2D eigenvalue weighted by Gasteiger charge is 2.73. The van der Waals surface area contributed by atoms with Gasteiger partial charge in [0.15, 0.2) is 41.4 Å². The minimum Gasteiger partial charge on any atom is -0.478 e. The summed E-state index contributed by atoms with van der Waals surface area (Å²) in [4.78, 5) is 57.9. The molecule has 46 heavy (non-hydrogen) atoms. The summed E-state index contributed by atoms with van der Waals surface area (Å²) in [6.45, 7) is 12.7. The molecule has 0 aromatic heterocycles. The van der Waals surface area contributed by atoms with Crippen LogP contribution in [0, 0.1) is 11.8 Å². The Morgan fingerprint density at radius 1 is 1.13 bits per heavy atom. The number of aliphatic hydroxyl groups excluding tert-OH is 1. The summed E-state index contributed by atoms with van der Waals surface area (Å²) < 4.78 is 17.1. The van der Waals surface area contributed by atoms with Crippen molar-refractivity contribution in [1.29, 1.82) is 0 Å². The molecular formula is C35H48O11. The number of rotatable bonds is 16. The van der Waals surface area contributed by atoms with Gasteiger partial charge in [-0.2, -0.15) is 0 Å². The fourth-order valence-corrected chi connectivity index (χ4v) is 5.84. The van der Waals surface area contributed by atoms with Crippen molar-refractivity contribution in [3.63, 3.8) is 0 Å². The molecule has 0 amide bonds. The fourth-order valence-electron chi connectivity index (χ4n) is 5.84. The minimum absolute atomic E-state index is 0.0519. The molecule has 2 heterocycles. The highest BCUT2D eigenvalue weighted by molar-refractivity contribution is 5.91. The van der Waals surface area contributed by atoms with Crippen molar-refractivity contribution >= 4 is 30.3 Å². The molecule has 0 spiro atoms. The van der Waals surface area contributed by atoms with Crippen LogP contribution in [-0.2, 0) is 44.6 Å². The largest absolute Gasteiger partial charge is 0.478 e. The average molecular weight is 645 g/mol. The molecule has 0 radical (unpaired) electrons. The number of Topliss-reactive ketones (excluding diaryl/α,β-unsaturated/α-hetero) is 1. The number of carbonyl (C=O) groups is 5. The van der Waals surface area contributed by atoms with Gasteiger partial charge in [0.2, 0.25) is 0 Å². The van der Waals surface area contributed by atoms with E-state index in [1.807, 2.05) is 37.3 Å². The Morgan fingerprint density at radius 3 is 2.30 bits per heavy atom. The Labute approximate surface area is 270 Å². The zero-order valence-electron chi connectivity index (χ0n) is 27.3. The molecule has 2 bridgehead atoms. The molecule has 0 saturated carbocycles. The monoisotopic (exact) mass is 644 g/mol. The molecule has 2 fully saturated rings. The van der Waals surface area contributed by atoms with E-state index >= 15 is 0 Å². The van der Waals surface area contributed by atoms with E-state index in [1.54, 1.807) is 6.08 Å². The quantitative estimate of drug-likeness (QED) is 0.103. The smallest absolute Gasteiger partial charge is 0.327 e. The van der Waals surface area contributed by atoms with E-state index < -0.39 is 59.4 Å². The number of aliphatic carboxylic acids is 1. The van der Waals surface area contributed by atoms with Crippen molar-refractivity contribution in [1.82, 2.24) is 0 Å². The molecule has 2 saturated heterocycles. The zero-order valence-corrected chi connectivity index (χ0v) is 27.3. The summed E-state index contributed by atoms with van der Waals surface area (Å²) >= 11 is 0. The Hall–Kier alpha value is -3.51. The molecule has 11 heteroatoms. The third kappa shape index (κ3) is 9.28. The maximum Gasteiger partial charge on any atom is 0.327 e. The summed E-state index contributed by atoms with van der Waals surface area (Å²) in [6, 6.07) is 9.68. The van der Waals surface area contributed by atoms with E-state index in [0.717, 1.165) is 25.3 Å². The highest BCUT2D eigenvalue weighted by Crippen LogP contribution is 2.53. The van der Waals surface area contributed by atoms with Crippen LogP contribution in [0.3, 0.4) is 0 Å². The lowest BCUT2D eigenvalue weighted by Crippen LogP contribution is -2.71. The summed E-state index contributed by atoms with van der Waals surface area (Å²) in [5, 5.41) is 30.0. The number of fused-ring (bicyclic) bond motifs is 2. The van der Waals surface area contributed by atoms with Crippen molar-refractivity contribution in [2.24, 2.45) is 11.8 Å². The van der Waals surface area contributed by atoms with Crippen LogP contribution in [0.5, 0.6) is 0 Å². The topological polar surface area (TPSA) is 174 Å². The lowest BCUT2D eigenvalue weighted by Gasteiger charge is -2.49. The highest BCUT2D eigenvalue weighted by atomic mass is 16.8. The van der Waals surface area contributed by atoms with Gasteiger partial charge in [-0.05, 0) is 49.7 Å². The maximum atomic E-state index is 12.3. The number of esters is 1. The van der Waals surface area contributed by atoms with Crippen LogP contribution in [0.1, 0.15) is 78.7 Å². The van der Waals surface area contributed by atoms with Crippen molar-refractivity contribution < 1.29 is 53.5 Å².